The Kier molecular flexibility index (Phi) is 6.25. The Morgan fingerprint density at radius 1 is 0.793 bits per heavy atom. The molecule has 148 valence electrons. The number of rotatable bonds is 6. The van der Waals surface area contributed by atoms with E-state index in [-0.39, 0.29) is 17.9 Å². The number of anilines is 1. The summed E-state index contributed by atoms with van der Waals surface area (Å²) >= 11 is 0. The highest BCUT2D eigenvalue weighted by Crippen LogP contribution is 2.28. The van der Waals surface area contributed by atoms with Gasteiger partial charge in [0.25, 0.3) is 0 Å². The molecule has 1 amide bonds. The van der Waals surface area contributed by atoms with Gasteiger partial charge in [-0.3, -0.25) is 4.79 Å². The molecule has 1 saturated heterocycles. The van der Waals surface area contributed by atoms with Gasteiger partial charge in [0, 0.05) is 37.2 Å². The van der Waals surface area contributed by atoms with E-state index in [4.69, 9.17) is 0 Å². The standard InChI is InChI=1S/C26H28N2O/c29-26(27-23-16-18-28(19-17-23)24-14-8-3-9-15-24)20-25(21-10-4-1-5-11-21)22-12-6-2-7-13-22/h1-15,23,25H,16-20H2,(H,27,29). The van der Waals surface area contributed by atoms with Crippen molar-refractivity contribution in [2.24, 2.45) is 0 Å². The van der Waals surface area contributed by atoms with Crippen LogP contribution < -0.4 is 10.2 Å². The van der Waals surface area contributed by atoms with Gasteiger partial charge in [0.15, 0.2) is 0 Å². The topological polar surface area (TPSA) is 32.3 Å². The number of para-hydroxylation sites is 1. The molecule has 3 nitrogen and oxygen atoms in total. The first kappa shape index (κ1) is 19.3. The van der Waals surface area contributed by atoms with Gasteiger partial charge in [-0.15, -0.1) is 0 Å². The SMILES string of the molecule is O=C(CC(c1ccccc1)c1ccccc1)NC1CCN(c2ccccc2)CC1. The monoisotopic (exact) mass is 384 g/mol. The second kappa shape index (κ2) is 9.42. The molecule has 0 radical (unpaired) electrons. The maximum atomic E-state index is 12.9. The van der Waals surface area contributed by atoms with E-state index in [1.807, 2.05) is 42.5 Å². The molecule has 1 fully saturated rings. The van der Waals surface area contributed by atoms with Crippen molar-refractivity contribution in [3.8, 4) is 0 Å². The Balaban J connectivity index is 1.37. The summed E-state index contributed by atoms with van der Waals surface area (Å²) in [6.45, 7) is 1.96. The van der Waals surface area contributed by atoms with Crippen LogP contribution in [0.15, 0.2) is 91.0 Å². The Bertz CT molecular complexity index is 848. The van der Waals surface area contributed by atoms with Gasteiger partial charge in [-0.05, 0) is 36.1 Å². The summed E-state index contributed by atoms with van der Waals surface area (Å²) in [6.07, 6.45) is 2.46. The number of piperidine rings is 1. The van der Waals surface area contributed by atoms with Gasteiger partial charge in [0.05, 0.1) is 0 Å². The Morgan fingerprint density at radius 2 is 1.28 bits per heavy atom. The molecule has 3 aromatic carbocycles. The number of amides is 1. The minimum atomic E-state index is 0.0850. The van der Waals surface area contributed by atoms with E-state index in [2.05, 4.69) is 58.7 Å². The van der Waals surface area contributed by atoms with Gasteiger partial charge in [0.1, 0.15) is 0 Å². The lowest BCUT2D eigenvalue weighted by Crippen LogP contribution is -2.45. The van der Waals surface area contributed by atoms with Gasteiger partial charge in [-0.25, -0.2) is 0 Å². The molecule has 3 heteroatoms. The summed E-state index contributed by atoms with van der Waals surface area (Å²) in [5, 5.41) is 3.30. The Morgan fingerprint density at radius 3 is 1.79 bits per heavy atom. The fourth-order valence-electron chi connectivity index (χ4n) is 4.19. The zero-order valence-corrected chi connectivity index (χ0v) is 16.7. The highest BCUT2D eigenvalue weighted by molar-refractivity contribution is 5.78. The molecule has 0 saturated carbocycles. The first-order chi connectivity index (χ1) is 14.3. The summed E-state index contributed by atoms with van der Waals surface area (Å²) in [4.78, 5) is 15.3. The van der Waals surface area contributed by atoms with Crippen LogP contribution in [0.5, 0.6) is 0 Å². The van der Waals surface area contributed by atoms with Crippen molar-refractivity contribution in [1.29, 1.82) is 0 Å². The van der Waals surface area contributed by atoms with Crippen LogP contribution in [-0.2, 0) is 4.79 Å². The normalized spacial score (nSPS) is 14.7. The van der Waals surface area contributed by atoms with Crippen LogP contribution in [0.4, 0.5) is 5.69 Å². The predicted octanol–water partition coefficient (Wildman–Crippen LogP) is 4.99. The lowest BCUT2D eigenvalue weighted by molar-refractivity contribution is -0.122. The van der Waals surface area contributed by atoms with Crippen molar-refractivity contribution in [3.05, 3.63) is 102 Å². The minimum Gasteiger partial charge on any atom is -0.371 e. The van der Waals surface area contributed by atoms with E-state index in [9.17, 15) is 4.79 Å². The zero-order valence-electron chi connectivity index (χ0n) is 16.7. The molecule has 0 spiro atoms. The van der Waals surface area contributed by atoms with Crippen LogP contribution >= 0.6 is 0 Å². The third-order valence-corrected chi connectivity index (χ3v) is 5.77. The smallest absolute Gasteiger partial charge is 0.221 e. The maximum absolute atomic E-state index is 12.9. The van der Waals surface area contributed by atoms with E-state index >= 15 is 0 Å². The van der Waals surface area contributed by atoms with Crippen LogP contribution in [0.1, 0.15) is 36.3 Å². The van der Waals surface area contributed by atoms with Crippen LogP contribution in [0.2, 0.25) is 0 Å². The van der Waals surface area contributed by atoms with Gasteiger partial charge >= 0.3 is 0 Å². The van der Waals surface area contributed by atoms with E-state index in [1.165, 1.54) is 16.8 Å². The van der Waals surface area contributed by atoms with Crippen molar-refractivity contribution in [1.82, 2.24) is 5.32 Å². The summed E-state index contributed by atoms with van der Waals surface area (Å²) in [5.41, 5.74) is 3.64. The van der Waals surface area contributed by atoms with Crippen LogP contribution in [0, 0.1) is 0 Å². The molecule has 1 N–H and O–H groups in total. The molecule has 0 aromatic heterocycles. The van der Waals surface area contributed by atoms with Crippen molar-refractivity contribution >= 4 is 11.6 Å². The van der Waals surface area contributed by atoms with Crippen LogP contribution in [0.3, 0.4) is 0 Å². The van der Waals surface area contributed by atoms with E-state index in [0.717, 1.165) is 25.9 Å². The summed E-state index contributed by atoms with van der Waals surface area (Å²) in [7, 11) is 0. The van der Waals surface area contributed by atoms with Gasteiger partial charge < -0.3 is 10.2 Å². The first-order valence-electron chi connectivity index (χ1n) is 10.5. The molecule has 0 unspecified atom stereocenters. The second-order valence-electron chi connectivity index (χ2n) is 7.74. The third kappa shape index (κ3) is 5.05. The van der Waals surface area contributed by atoms with Gasteiger partial charge in [-0.2, -0.15) is 0 Å². The third-order valence-electron chi connectivity index (χ3n) is 5.77. The van der Waals surface area contributed by atoms with Crippen molar-refractivity contribution in [2.75, 3.05) is 18.0 Å². The average Bonchev–Trinajstić information content (AvgIpc) is 2.80. The van der Waals surface area contributed by atoms with E-state index < -0.39 is 0 Å². The number of hydrogen-bond acceptors (Lipinski definition) is 2. The Labute approximate surface area is 173 Å². The van der Waals surface area contributed by atoms with Crippen molar-refractivity contribution in [3.63, 3.8) is 0 Å². The molecule has 0 aliphatic carbocycles. The lowest BCUT2D eigenvalue weighted by atomic mass is 9.88. The number of nitrogens with one attached hydrogen (secondary N) is 1. The molecule has 1 aliphatic heterocycles. The molecule has 3 aromatic rings. The van der Waals surface area contributed by atoms with Gasteiger partial charge in [-0.1, -0.05) is 78.9 Å². The fourth-order valence-corrected chi connectivity index (χ4v) is 4.19. The molecule has 1 heterocycles. The first-order valence-corrected chi connectivity index (χ1v) is 10.5. The lowest BCUT2D eigenvalue weighted by Gasteiger charge is -2.34. The number of benzene rings is 3. The molecular formula is C26H28N2O. The minimum absolute atomic E-state index is 0.0850. The second-order valence-corrected chi connectivity index (χ2v) is 7.74. The summed E-state index contributed by atoms with van der Waals surface area (Å²) < 4.78 is 0. The van der Waals surface area contributed by atoms with E-state index in [0.29, 0.717) is 6.42 Å². The van der Waals surface area contributed by atoms with Gasteiger partial charge in [0.2, 0.25) is 5.91 Å². The van der Waals surface area contributed by atoms with E-state index in [1.54, 1.807) is 0 Å². The molecule has 0 atom stereocenters. The maximum Gasteiger partial charge on any atom is 0.221 e. The highest BCUT2D eigenvalue weighted by Gasteiger charge is 2.23. The molecular weight excluding hydrogens is 356 g/mol. The predicted molar refractivity (Wildman–Crippen MR) is 119 cm³/mol. The fraction of sp³-hybridized carbons (Fsp3) is 0.269. The van der Waals surface area contributed by atoms with Crippen molar-refractivity contribution in [2.45, 2.75) is 31.2 Å². The molecule has 0 bridgehead atoms. The number of carbonyl (C=O) groups excluding carboxylic acids is 1. The summed E-state index contributed by atoms with van der Waals surface area (Å²) in [6, 6.07) is 31.5. The highest BCUT2D eigenvalue weighted by atomic mass is 16.1. The Hall–Kier alpha value is -3.07. The molecule has 4 rings (SSSR count). The number of carbonyl (C=O) groups is 1. The van der Waals surface area contributed by atoms with Crippen molar-refractivity contribution < 1.29 is 4.79 Å². The average molecular weight is 385 g/mol. The quantitative estimate of drug-likeness (QED) is 0.649. The van der Waals surface area contributed by atoms with Crippen LogP contribution in [0.25, 0.3) is 0 Å². The van der Waals surface area contributed by atoms with Crippen LogP contribution in [-0.4, -0.2) is 25.0 Å². The largest absolute Gasteiger partial charge is 0.371 e. The summed E-state index contributed by atoms with van der Waals surface area (Å²) in [5.74, 6) is 0.225. The zero-order chi connectivity index (χ0) is 19.9. The number of hydrogen-bond donors (Lipinski definition) is 1. The number of nitrogens with zero attached hydrogens (tertiary/aromatic N) is 1. The molecule has 1 aliphatic rings. The molecule has 29 heavy (non-hydrogen) atoms.